The average Bonchev–Trinajstić information content (AvgIpc) is 2.18. The van der Waals surface area contributed by atoms with Gasteiger partial charge in [-0.25, -0.2) is 0 Å². The molecule has 0 aliphatic carbocycles. The summed E-state index contributed by atoms with van der Waals surface area (Å²) < 4.78 is 0. The lowest BCUT2D eigenvalue weighted by Crippen LogP contribution is -2.47. The number of rotatable bonds is 5. The van der Waals surface area contributed by atoms with E-state index in [0.717, 1.165) is 26.2 Å². The maximum absolute atomic E-state index is 11.3. The van der Waals surface area contributed by atoms with Crippen LogP contribution >= 0.6 is 0 Å². The van der Waals surface area contributed by atoms with E-state index in [1.54, 1.807) is 0 Å². The molecule has 1 rings (SSSR count). The zero-order valence-electron chi connectivity index (χ0n) is 8.66. The number of nitrogens with one attached hydrogen (secondary N) is 2. The maximum atomic E-state index is 11.3. The minimum absolute atomic E-state index is 0.0205. The number of hydrogen-bond donors (Lipinski definition) is 3. The molecular weight excluding hydrogens is 198 g/mol. The topological polar surface area (TPSA) is 81.7 Å². The quantitative estimate of drug-likeness (QED) is 0.519. The zero-order chi connectivity index (χ0) is 11.1. The molecule has 86 valence electrons. The van der Waals surface area contributed by atoms with Crippen molar-refractivity contribution in [2.24, 2.45) is 0 Å². The standard InChI is InChI=1S/C9H17N3O3/c13-8(11-2-1-9(14)15)7-12-5-3-10-4-6-12/h10H,1-7H2,(H,11,13)(H,14,15). The first kappa shape index (κ1) is 11.9. The van der Waals surface area contributed by atoms with Crippen molar-refractivity contribution >= 4 is 11.9 Å². The minimum atomic E-state index is -0.891. The van der Waals surface area contributed by atoms with Gasteiger partial charge in [0.1, 0.15) is 0 Å². The van der Waals surface area contributed by atoms with Crippen molar-refractivity contribution < 1.29 is 14.7 Å². The third-order valence-electron chi connectivity index (χ3n) is 2.24. The van der Waals surface area contributed by atoms with Crippen LogP contribution in [-0.2, 0) is 9.59 Å². The van der Waals surface area contributed by atoms with Crippen molar-refractivity contribution in [1.82, 2.24) is 15.5 Å². The van der Waals surface area contributed by atoms with E-state index < -0.39 is 5.97 Å². The van der Waals surface area contributed by atoms with Crippen molar-refractivity contribution in [2.75, 3.05) is 39.3 Å². The van der Waals surface area contributed by atoms with Crippen LogP contribution in [0.15, 0.2) is 0 Å². The highest BCUT2D eigenvalue weighted by atomic mass is 16.4. The third-order valence-corrected chi connectivity index (χ3v) is 2.24. The molecule has 0 aromatic carbocycles. The molecule has 3 N–H and O–H groups in total. The Hall–Kier alpha value is -1.14. The number of piperazine rings is 1. The lowest BCUT2D eigenvalue weighted by Gasteiger charge is -2.26. The maximum Gasteiger partial charge on any atom is 0.305 e. The molecule has 0 unspecified atom stereocenters. The Morgan fingerprint density at radius 2 is 2.00 bits per heavy atom. The first-order chi connectivity index (χ1) is 7.18. The molecule has 0 aromatic rings. The van der Waals surface area contributed by atoms with Gasteiger partial charge in [0.05, 0.1) is 13.0 Å². The first-order valence-electron chi connectivity index (χ1n) is 5.10. The van der Waals surface area contributed by atoms with Gasteiger partial charge in [0, 0.05) is 32.7 Å². The monoisotopic (exact) mass is 215 g/mol. The van der Waals surface area contributed by atoms with Crippen LogP contribution in [0.1, 0.15) is 6.42 Å². The second-order valence-corrected chi connectivity index (χ2v) is 3.52. The molecule has 0 bridgehead atoms. The smallest absolute Gasteiger partial charge is 0.305 e. The molecule has 0 radical (unpaired) electrons. The number of carbonyl (C=O) groups excluding carboxylic acids is 1. The zero-order valence-corrected chi connectivity index (χ0v) is 8.66. The van der Waals surface area contributed by atoms with Crippen molar-refractivity contribution in [1.29, 1.82) is 0 Å². The molecule has 0 saturated carbocycles. The summed E-state index contributed by atoms with van der Waals surface area (Å²) in [5, 5.41) is 14.2. The predicted octanol–water partition coefficient (Wildman–Crippen LogP) is -1.52. The summed E-state index contributed by atoms with van der Waals surface area (Å²) in [4.78, 5) is 23.6. The number of carboxylic acid groups (broad SMARTS) is 1. The van der Waals surface area contributed by atoms with Gasteiger partial charge < -0.3 is 15.7 Å². The Bertz CT molecular complexity index is 227. The second-order valence-electron chi connectivity index (χ2n) is 3.52. The van der Waals surface area contributed by atoms with Gasteiger partial charge in [0.2, 0.25) is 5.91 Å². The van der Waals surface area contributed by atoms with Crippen molar-refractivity contribution in [3.63, 3.8) is 0 Å². The van der Waals surface area contributed by atoms with E-state index in [9.17, 15) is 9.59 Å². The largest absolute Gasteiger partial charge is 0.481 e. The van der Waals surface area contributed by atoms with E-state index in [4.69, 9.17) is 5.11 Å². The Labute approximate surface area is 88.6 Å². The average molecular weight is 215 g/mol. The highest BCUT2D eigenvalue weighted by Gasteiger charge is 2.12. The van der Waals surface area contributed by atoms with E-state index in [0.29, 0.717) is 6.54 Å². The van der Waals surface area contributed by atoms with Gasteiger partial charge in [0.25, 0.3) is 0 Å². The van der Waals surface area contributed by atoms with Gasteiger partial charge in [-0.1, -0.05) is 0 Å². The Balaban J connectivity index is 2.09. The molecule has 1 aliphatic heterocycles. The molecule has 0 atom stereocenters. The molecule has 1 heterocycles. The summed E-state index contributed by atoms with van der Waals surface area (Å²) in [7, 11) is 0. The molecule has 1 amide bonds. The summed E-state index contributed by atoms with van der Waals surface area (Å²) in [6.45, 7) is 4.12. The molecule has 15 heavy (non-hydrogen) atoms. The normalized spacial score (nSPS) is 17.3. The SMILES string of the molecule is O=C(O)CCNC(=O)CN1CCNCC1. The highest BCUT2D eigenvalue weighted by Crippen LogP contribution is 1.90. The fourth-order valence-corrected chi connectivity index (χ4v) is 1.44. The second kappa shape index (κ2) is 6.36. The number of nitrogens with zero attached hydrogens (tertiary/aromatic N) is 1. The Morgan fingerprint density at radius 3 is 2.60 bits per heavy atom. The summed E-state index contributed by atoms with van der Waals surface area (Å²) in [5.74, 6) is -0.990. The van der Waals surface area contributed by atoms with E-state index >= 15 is 0 Å². The predicted molar refractivity (Wildman–Crippen MR) is 54.6 cm³/mol. The fraction of sp³-hybridized carbons (Fsp3) is 0.778. The lowest BCUT2D eigenvalue weighted by molar-refractivity contribution is -0.136. The van der Waals surface area contributed by atoms with Gasteiger partial charge in [0.15, 0.2) is 0 Å². The Morgan fingerprint density at radius 1 is 1.33 bits per heavy atom. The first-order valence-corrected chi connectivity index (χ1v) is 5.10. The van der Waals surface area contributed by atoms with Crippen LogP contribution < -0.4 is 10.6 Å². The summed E-state index contributed by atoms with van der Waals surface area (Å²) in [6.07, 6.45) is -0.0205. The van der Waals surface area contributed by atoms with Gasteiger partial charge in [-0.05, 0) is 0 Å². The summed E-state index contributed by atoms with van der Waals surface area (Å²) in [5.41, 5.74) is 0. The third kappa shape index (κ3) is 5.34. The van der Waals surface area contributed by atoms with Crippen LogP contribution in [0.5, 0.6) is 0 Å². The number of carbonyl (C=O) groups is 2. The van der Waals surface area contributed by atoms with Crippen molar-refractivity contribution in [3.05, 3.63) is 0 Å². The van der Waals surface area contributed by atoms with Crippen LogP contribution in [0.3, 0.4) is 0 Å². The molecule has 1 aliphatic rings. The van der Waals surface area contributed by atoms with Crippen LogP contribution in [0, 0.1) is 0 Å². The molecule has 6 heteroatoms. The lowest BCUT2D eigenvalue weighted by atomic mass is 10.3. The van der Waals surface area contributed by atoms with Crippen LogP contribution in [0.25, 0.3) is 0 Å². The van der Waals surface area contributed by atoms with Gasteiger partial charge in [-0.2, -0.15) is 0 Å². The van der Waals surface area contributed by atoms with Gasteiger partial charge in [-0.15, -0.1) is 0 Å². The molecule has 0 spiro atoms. The van der Waals surface area contributed by atoms with E-state index in [1.807, 2.05) is 4.90 Å². The molecule has 1 fully saturated rings. The summed E-state index contributed by atoms with van der Waals surface area (Å²) >= 11 is 0. The van der Waals surface area contributed by atoms with E-state index in [-0.39, 0.29) is 18.9 Å². The minimum Gasteiger partial charge on any atom is -0.481 e. The summed E-state index contributed by atoms with van der Waals surface area (Å²) in [6, 6.07) is 0. The fourth-order valence-electron chi connectivity index (χ4n) is 1.44. The van der Waals surface area contributed by atoms with E-state index in [1.165, 1.54) is 0 Å². The Kier molecular flexibility index (Phi) is 5.06. The van der Waals surface area contributed by atoms with Gasteiger partial charge >= 0.3 is 5.97 Å². The number of aliphatic carboxylic acids is 1. The number of carboxylic acids is 1. The highest BCUT2D eigenvalue weighted by molar-refractivity contribution is 5.78. The molecule has 6 nitrogen and oxygen atoms in total. The number of hydrogen-bond acceptors (Lipinski definition) is 4. The number of amides is 1. The molecule has 0 aromatic heterocycles. The molecular formula is C9H17N3O3. The van der Waals surface area contributed by atoms with Crippen LogP contribution in [0.4, 0.5) is 0 Å². The van der Waals surface area contributed by atoms with E-state index in [2.05, 4.69) is 10.6 Å². The van der Waals surface area contributed by atoms with Gasteiger partial charge in [-0.3, -0.25) is 14.5 Å². The van der Waals surface area contributed by atoms with Crippen LogP contribution in [-0.4, -0.2) is 61.2 Å². The van der Waals surface area contributed by atoms with Crippen LogP contribution in [0.2, 0.25) is 0 Å². The van der Waals surface area contributed by atoms with Crippen molar-refractivity contribution in [3.8, 4) is 0 Å². The molecule has 1 saturated heterocycles. The van der Waals surface area contributed by atoms with Crippen molar-refractivity contribution in [2.45, 2.75) is 6.42 Å².